The maximum absolute atomic E-state index is 13.2. The van der Waals surface area contributed by atoms with Gasteiger partial charge >= 0.3 is 0 Å². The van der Waals surface area contributed by atoms with Crippen molar-refractivity contribution in [3.8, 4) is 0 Å². The maximum Gasteiger partial charge on any atom is 0.263 e. The molecule has 10 heteroatoms. The minimum absolute atomic E-state index is 0.0781. The molecule has 2 aromatic heterocycles. The first-order chi connectivity index (χ1) is 12.8. The van der Waals surface area contributed by atoms with Gasteiger partial charge in [0.25, 0.3) is 10.0 Å². The van der Waals surface area contributed by atoms with Crippen molar-refractivity contribution in [3.05, 3.63) is 66.1 Å². The largest absolute Gasteiger partial charge is 0.368 e. The van der Waals surface area contributed by atoms with E-state index in [0.29, 0.717) is 18.9 Å². The predicted octanol–water partition coefficient (Wildman–Crippen LogP) is 2.78. The summed E-state index contributed by atoms with van der Waals surface area (Å²) in [7, 11) is -3.96. The van der Waals surface area contributed by atoms with Crippen LogP contribution in [0.15, 0.2) is 53.8 Å². The van der Waals surface area contributed by atoms with E-state index < -0.39 is 21.7 Å². The highest BCUT2D eigenvalue weighted by Crippen LogP contribution is 2.18. The van der Waals surface area contributed by atoms with Gasteiger partial charge in [0.1, 0.15) is 10.7 Å². The first-order valence-electron chi connectivity index (χ1n) is 8.00. The topological polar surface area (TPSA) is 88.9 Å². The van der Waals surface area contributed by atoms with Crippen molar-refractivity contribution >= 4 is 21.5 Å². The molecule has 0 saturated carbocycles. The van der Waals surface area contributed by atoms with E-state index in [2.05, 4.69) is 20.1 Å². The third-order valence-corrected chi connectivity index (χ3v) is 4.99. The number of rotatable bonds is 7. The van der Waals surface area contributed by atoms with Gasteiger partial charge in [-0.15, -0.1) is 0 Å². The number of aryl methyl sites for hydroxylation is 1. The van der Waals surface area contributed by atoms with Crippen molar-refractivity contribution in [2.45, 2.75) is 18.4 Å². The Morgan fingerprint density at radius 2 is 1.93 bits per heavy atom. The zero-order chi connectivity index (χ0) is 19.4. The second kappa shape index (κ2) is 7.70. The van der Waals surface area contributed by atoms with Crippen molar-refractivity contribution in [2.24, 2.45) is 0 Å². The van der Waals surface area contributed by atoms with E-state index in [1.165, 1.54) is 18.3 Å². The van der Waals surface area contributed by atoms with Crippen LogP contribution in [0, 0.1) is 18.6 Å². The second-order valence-electron chi connectivity index (χ2n) is 5.82. The highest BCUT2D eigenvalue weighted by molar-refractivity contribution is 7.92. The van der Waals surface area contributed by atoms with Crippen molar-refractivity contribution in [1.82, 2.24) is 14.8 Å². The number of sulfonamides is 1. The van der Waals surface area contributed by atoms with Crippen LogP contribution in [0.4, 0.5) is 20.3 Å². The van der Waals surface area contributed by atoms with Crippen LogP contribution in [0.2, 0.25) is 0 Å². The molecule has 1 aromatic carbocycles. The van der Waals surface area contributed by atoms with E-state index in [0.717, 1.165) is 23.8 Å². The number of halogens is 2. The fourth-order valence-corrected chi connectivity index (χ4v) is 3.30. The lowest BCUT2D eigenvalue weighted by Gasteiger charge is -2.09. The van der Waals surface area contributed by atoms with Crippen LogP contribution < -0.4 is 10.0 Å². The van der Waals surface area contributed by atoms with Gasteiger partial charge in [0, 0.05) is 25.0 Å². The standard InChI is InChI=1S/C17H17F2N5O2S/c1-12-9-22-24(11-12)7-6-20-17-5-3-14(10-21-17)27(25,26)23-13-2-4-15(18)16(19)8-13/h2-5,8-11,23H,6-7H2,1H3,(H,20,21). The average molecular weight is 393 g/mol. The molecule has 0 aliphatic heterocycles. The van der Waals surface area contributed by atoms with Crippen molar-refractivity contribution in [3.63, 3.8) is 0 Å². The van der Waals surface area contributed by atoms with Gasteiger partial charge in [0.05, 0.1) is 18.4 Å². The van der Waals surface area contributed by atoms with Crippen LogP contribution in [0.25, 0.3) is 0 Å². The monoisotopic (exact) mass is 393 g/mol. The summed E-state index contributed by atoms with van der Waals surface area (Å²) >= 11 is 0. The summed E-state index contributed by atoms with van der Waals surface area (Å²) in [6, 6.07) is 5.65. The summed E-state index contributed by atoms with van der Waals surface area (Å²) in [4.78, 5) is 3.96. The van der Waals surface area contributed by atoms with Crippen molar-refractivity contribution in [2.75, 3.05) is 16.6 Å². The minimum Gasteiger partial charge on any atom is -0.368 e. The third-order valence-electron chi connectivity index (χ3n) is 3.63. The number of anilines is 2. The van der Waals surface area contributed by atoms with Crippen LogP contribution in [0.1, 0.15) is 5.56 Å². The van der Waals surface area contributed by atoms with Gasteiger partial charge in [-0.1, -0.05) is 0 Å². The molecule has 0 amide bonds. The van der Waals surface area contributed by atoms with Gasteiger partial charge in [-0.2, -0.15) is 5.10 Å². The molecule has 7 nitrogen and oxygen atoms in total. The Morgan fingerprint density at radius 1 is 1.11 bits per heavy atom. The molecule has 0 radical (unpaired) electrons. The molecule has 142 valence electrons. The predicted molar refractivity (Wildman–Crippen MR) is 96.9 cm³/mol. The summed E-state index contributed by atoms with van der Waals surface area (Å²) in [6.07, 6.45) is 4.86. The normalized spacial score (nSPS) is 11.4. The van der Waals surface area contributed by atoms with E-state index in [4.69, 9.17) is 0 Å². The molecule has 3 aromatic rings. The number of aromatic nitrogens is 3. The van der Waals surface area contributed by atoms with Crippen LogP contribution in [-0.2, 0) is 16.6 Å². The molecule has 0 unspecified atom stereocenters. The van der Waals surface area contributed by atoms with Crippen molar-refractivity contribution < 1.29 is 17.2 Å². The fraction of sp³-hybridized carbons (Fsp3) is 0.176. The SMILES string of the molecule is Cc1cnn(CCNc2ccc(S(=O)(=O)Nc3ccc(F)c(F)c3)cn2)c1. The van der Waals surface area contributed by atoms with Gasteiger partial charge in [0.15, 0.2) is 11.6 Å². The number of hydrogen-bond donors (Lipinski definition) is 2. The number of nitrogens with one attached hydrogen (secondary N) is 2. The Kier molecular flexibility index (Phi) is 5.36. The highest BCUT2D eigenvalue weighted by Gasteiger charge is 2.16. The first-order valence-corrected chi connectivity index (χ1v) is 9.49. The Labute approximate surface area is 155 Å². The molecule has 0 aliphatic carbocycles. The Hall–Kier alpha value is -3.01. The average Bonchev–Trinajstić information content (AvgIpc) is 3.04. The first kappa shape index (κ1) is 18.8. The molecule has 2 N–H and O–H groups in total. The molecule has 0 aliphatic rings. The van der Waals surface area contributed by atoms with Crippen molar-refractivity contribution in [1.29, 1.82) is 0 Å². The summed E-state index contributed by atoms with van der Waals surface area (Å²) < 4.78 is 54.7. The van der Waals surface area contributed by atoms with E-state index in [9.17, 15) is 17.2 Å². The second-order valence-corrected chi connectivity index (χ2v) is 7.50. The summed E-state index contributed by atoms with van der Waals surface area (Å²) in [5, 5.41) is 7.23. The van der Waals surface area contributed by atoms with Gasteiger partial charge in [-0.25, -0.2) is 22.2 Å². The molecule has 27 heavy (non-hydrogen) atoms. The summed E-state index contributed by atoms with van der Waals surface area (Å²) in [6.45, 7) is 3.15. The lowest BCUT2D eigenvalue weighted by molar-refractivity contribution is 0.509. The molecule has 0 spiro atoms. The van der Waals surface area contributed by atoms with Crippen LogP contribution in [0.5, 0.6) is 0 Å². The Morgan fingerprint density at radius 3 is 2.56 bits per heavy atom. The van der Waals surface area contributed by atoms with E-state index in [-0.39, 0.29) is 10.6 Å². The molecule has 0 saturated heterocycles. The van der Waals surface area contributed by atoms with E-state index in [1.807, 2.05) is 13.1 Å². The number of benzene rings is 1. The zero-order valence-corrected chi connectivity index (χ0v) is 15.2. The molecule has 0 atom stereocenters. The third kappa shape index (κ3) is 4.79. The molecule has 3 rings (SSSR count). The number of pyridine rings is 1. The zero-order valence-electron chi connectivity index (χ0n) is 14.4. The van der Waals surface area contributed by atoms with Crippen LogP contribution >= 0.6 is 0 Å². The quantitative estimate of drug-likeness (QED) is 0.644. The lowest BCUT2D eigenvalue weighted by Crippen LogP contribution is -2.14. The highest BCUT2D eigenvalue weighted by atomic mass is 32.2. The van der Waals surface area contributed by atoms with E-state index >= 15 is 0 Å². The number of nitrogens with zero attached hydrogens (tertiary/aromatic N) is 3. The summed E-state index contributed by atoms with van der Waals surface area (Å²) in [5.41, 5.74) is 0.988. The van der Waals surface area contributed by atoms with E-state index in [1.54, 1.807) is 10.9 Å². The fourth-order valence-electron chi connectivity index (χ4n) is 2.31. The minimum atomic E-state index is -3.96. The number of hydrogen-bond acceptors (Lipinski definition) is 5. The van der Waals surface area contributed by atoms with Gasteiger partial charge in [0.2, 0.25) is 0 Å². The molecule has 0 fully saturated rings. The van der Waals surface area contributed by atoms with Crippen LogP contribution in [0.3, 0.4) is 0 Å². The van der Waals surface area contributed by atoms with Crippen LogP contribution in [-0.4, -0.2) is 29.7 Å². The molecular weight excluding hydrogens is 376 g/mol. The molecule has 0 bridgehead atoms. The molecule has 2 heterocycles. The van der Waals surface area contributed by atoms with Gasteiger partial charge < -0.3 is 5.32 Å². The smallest absolute Gasteiger partial charge is 0.263 e. The maximum atomic E-state index is 13.2. The van der Waals surface area contributed by atoms with Gasteiger partial charge in [-0.3, -0.25) is 9.40 Å². The molecular formula is C17H17F2N5O2S. The van der Waals surface area contributed by atoms with Gasteiger partial charge in [-0.05, 0) is 36.8 Å². The Balaban J connectivity index is 1.62. The Bertz CT molecular complexity index is 1040. The summed E-state index contributed by atoms with van der Waals surface area (Å²) in [5.74, 6) is -1.69. The lowest BCUT2D eigenvalue weighted by atomic mass is 10.3.